The number of hydrogen-bond acceptors (Lipinski definition) is 3. The largest absolute Gasteiger partial charge is 0.392 e. The number of aliphatic hydroxyl groups is 1. The number of carbonyl (C=O) groups excluding carboxylic acids is 1. The predicted molar refractivity (Wildman–Crippen MR) is 103 cm³/mol. The summed E-state index contributed by atoms with van der Waals surface area (Å²) in [5, 5.41) is 10.3. The minimum Gasteiger partial charge on any atom is -0.392 e. The van der Waals surface area contributed by atoms with Gasteiger partial charge in [0.15, 0.2) is 6.29 Å². The van der Waals surface area contributed by atoms with Crippen molar-refractivity contribution < 1.29 is 9.90 Å². The number of rotatable bonds is 5. The summed E-state index contributed by atoms with van der Waals surface area (Å²) in [5.41, 5.74) is 0.964. The second kappa shape index (κ2) is 8.67. The number of hydrogen-bond donors (Lipinski definition) is 1. The van der Waals surface area contributed by atoms with Gasteiger partial charge in [0, 0.05) is 15.8 Å². The van der Waals surface area contributed by atoms with Crippen LogP contribution in [0.2, 0.25) is 0 Å². The first-order chi connectivity index (χ1) is 12.2. The molecule has 25 heavy (non-hydrogen) atoms. The normalized spacial score (nSPS) is 25.4. The number of halogens is 1. The van der Waals surface area contributed by atoms with Gasteiger partial charge in [0.2, 0.25) is 0 Å². The van der Waals surface area contributed by atoms with Crippen molar-refractivity contribution in [3.05, 3.63) is 57.8 Å². The summed E-state index contributed by atoms with van der Waals surface area (Å²) in [5.74, 6) is 6.58. The van der Waals surface area contributed by atoms with Gasteiger partial charge < -0.3 is 5.11 Å². The molecule has 0 spiro atoms. The maximum absolute atomic E-state index is 10.8. The van der Waals surface area contributed by atoms with Gasteiger partial charge in [-0.15, -0.1) is 22.9 Å². The van der Waals surface area contributed by atoms with E-state index in [0.29, 0.717) is 6.42 Å². The Morgan fingerprint density at radius 1 is 1.24 bits per heavy atom. The van der Waals surface area contributed by atoms with E-state index >= 15 is 0 Å². The Bertz CT molecular complexity index is 759. The maximum atomic E-state index is 10.8. The van der Waals surface area contributed by atoms with Crippen LogP contribution >= 0.6 is 22.9 Å². The van der Waals surface area contributed by atoms with Gasteiger partial charge in [-0.1, -0.05) is 30.0 Å². The van der Waals surface area contributed by atoms with Crippen molar-refractivity contribution in [3.8, 4) is 11.8 Å². The zero-order valence-corrected chi connectivity index (χ0v) is 15.5. The third-order valence-corrected chi connectivity index (χ3v) is 6.30. The molecule has 0 amide bonds. The zero-order chi connectivity index (χ0) is 17.6. The number of thiophene rings is 1. The standard InChI is InChI=1S/C21H21ClO2S/c22-20-13-21(24)19(12-9-15-5-2-1-3-6-15)18(20)8-4-7-16-10-11-17(14-23)25-16/h1-3,5-6,10-11,14,18-21,24H,4,7-8,13H2/t18-,19-,20-,21-/m1/s1. The average Bonchev–Trinajstić information content (AvgIpc) is 3.19. The molecule has 0 bridgehead atoms. The highest BCUT2D eigenvalue weighted by molar-refractivity contribution is 7.13. The Morgan fingerprint density at radius 3 is 2.76 bits per heavy atom. The van der Waals surface area contributed by atoms with Gasteiger partial charge in [0.25, 0.3) is 0 Å². The van der Waals surface area contributed by atoms with E-state index in [1.165, 1.54) is 4.88 Å². The van der Waals surface area contributed by atoms with Crippen LogP contribution in [0.1, 0.15) is 39.4 Å². The number of aldehydes is 1. The highest BCUT2D eigenvalue weighted by Crippen LogP contribution is 2.39. The lowest BCUT2D eigenvalue weighted by atomic mass is 9.90. The quantitative estimate of drug-likeness (QED) is 0.475. The summed E-state index contributed by atoms with van der Waals surface area (Å²) in [6.45, 7) is 0. The van der Waals surface area contributed by atoms with E-state index in [4.69, 9.17) is 11.6 Å². The molecule has 1 heterocycles. The SMILES string of the molecule is O=Cc1ccc(CCC[C@@H]2[C@@H](C#Cc3ccccc3)[C@H](O)C[C@H]2Cl)s1. The van der Waals surface area contributed by atoms with Crippen molar-refractivity contribution >= 4 is 29.2 Å². The second-order valence-electron chi connectivity index (χ2n) is 6.46. The fourth-order valence-corrected chi connectivity index (χ4v) is 4.75. The third-order valence-electron chi connectivity index (χ3n) is 4.72. The Hall–Kier alpha value is -1.60. The van der Waals surface area contributed by atoms with E-state index in [-0.39, 0.29) is 17.2 Å². The van der Waals surface area contributed by atoms with Gasteiger partial charge in [-0.05, 0) is 55.9 Å². The van der Waals surface area contributed by atoms with Crippen LogP contribution in [0.15, 0.2) is 42.5 Å². The van der Waals surface area contributed by atoms with Gasteiger partial charge >= 0.3 is 0 Å². The molecule has 0 radical (unpaired) electrons. The maximum Gasteiger partial charge on any atom is 0.160 e. The third kappa shape index (κ3) is 4.73. The molecule has 1 aliphatic rings. The molecule has 1 fully saturated rings. The van der Waals surface area contributed by atoms with Crippen LogP contribution in [0.3, 0.4) is 0 Å². The van der Waals surface area contributed by atoms with Crippen LogP contribution in [-0.2, 0) is 6.42 Å². The van der Waals surface area contributed by atoms with Crippen molar-refractivity contribution in [2.75, 3.05) is 0 Å². The van der Waals surface area contributed by atoms with Crippen molar-refractivity contribution in [2.45, 2.75) is 37.2 Å². The van der Waals surface area contributed by atoms with E-state index in [2.05, 4.69) is 11.8 Å². The van der Waals surface area contributed by atoms with Crippen LogP contribution in [0.25, 0.3) is 0 Å². The Morgan fingerprint density at radius 2 is 2.04 bits per heavy atom. The summed E-state index contributed by atoms with van der Waals surface area (Å²) in [6.07, 6.45) is 3.91. The lowest BCUT2D eigenvalue weighted by Crippen LogP contribution is -2.19. The molecule has 3 rings (SSSR count). The molecule has 4 heteroatoms. The molecule has 1 N–H and O–H groups in total. The molecule has 130 valence electrons. The lowest BCUT2D eigenvalue weighted by molar-refractivity contribution is 0.112. The van der Waals surface area contributed by atoms with Crippen LogP contribution in [0.5, 0.6) is 0 Å². The summed E-state index contributed by atoms with van der Waals surface area (Å²) >= 11 is 8.03. The number of carbonyl (C=O) groups is 1. The molecule has 1 aromatic heterocycles. The average molecular weight is 373 g/mol. The monoisotopic (exact) mass is 372 g/mol. The first kappa shape index (κ1) is 18.2. The molecule has 0 aliphatic heterocycles. The molecule has 2 nitrogen and oxygen atoms in total. The van der Waals surface area contributed by atoms with E-state index < -0.39 is 6.10 Å². The Kier molecular flexibility index (Phi) is 6.31. The van der Waals surface area contributed by atoms with E-state index in [1.54, 1.807) is 11.3 Å². The predicted octanol–water partition coefficient (Wildman–Crippen LogP) is 4.54. The molecular formula is C21H21ClO2S. The minimum absolute atomic E-state index is 0.0288. The molecule has 1 aromatic carbocycles. The van der Waals surface area contributed by atoms with Gasteiger partial charge in [0.05, 0.1) is 16.9 Å². The highest BCUT2D eigenvalue weighted by Gasteiger charge is 2.40. The van der Waals surface area contributed by atoms with Crippen LogP contribution in [0.4, 0.5) is 0 Å². The number of benzene rings is 1. The first-order valence-corrected chi connectivity index (χ1v) is 9.85. The number of aryl methyl sites for hydroxylation is 1. The van der Waals surface area contributed by atoms with Crippen LogP contribution in [-0.4, -0.2) is 22.9 Å². The van der Waals surface area contributed by atoms with Crippen molar-refractivity contribution in [1.82, 2.24) is 0 Å². The van der Waals surface area contributed by atoms with Gasteiger partial charge in [-0.3, -0.25) is 4.79 Å². The molecule has 1 saturated carbocycles. The van der Waals surface area contributed by atoms with Gasteiger partial charge in [-0.25, -0.2) is 0 Å². The lowest BCUT2D eigenvalue weighted by Gasteiger charge is -2.18. The number of alkyl halides is 1. The second-order valence-corrected chi connectivity index (χ2v) is 8.22. The highest BCUT2D eigenvalue weighted by atomic mass is 35.5. The topological polar surface area (TPSA) is 37.3 Å². The zero-order valence-electron chi connectivity index (χ0n) is 13.9. The molecule has 2 aromatic rings. The minimum atomic E-state index is -0.452. The van der Waals surface area contributed by atoms with Crippen LogP contribution < -0.4 is 0 Å². The fraction of sp³-hybridized carbons (Fsp3) is 0.381. The smallest absolute Gasteiger partial charge is 0.160 e. The van der Waals surface area contributed by atoms with Crippen molar-refractivity contribution in [2.24, 2.45) is 11.8 Å². The Labute approximate surface area is 157 Å². The molecule has 0 unspecified atom stereocenters. The molecular weight excluding hydrogens is 352 g/mol. The van der Waals surface area contributed by atoms with Gasteiger partial charge in [-0.2, -0.15) is 0 Å². The first-order valence-electron chi connectivity index (χ1n) is 8.60. The summed E-state index contributed by atoms with van der Waals surface area (Å²) < 4.78 is 0. The van der Waals surface area contributed by atoms with E-state index in [9.17, 15) is 9.90 Å². The molecule has 1 aliphatic carbocycles. The summed E-state index contributed by atoms with van der Waals surface area (Å²) in [4.78, 5) is 12.8. The van der Waals surface area contributed by atoms with Crippen LogP contribution in [0, 0.1) is 23.7 Å². The Balaban J connectivity index is 1.61. The summed E-state index contributed by atoms with van der Waals surface area (Å²) in [7, 11) is 0. The van der Waals surface area contributed by atoms with E-state index in [1.807, 2.05) is 42.5 Å². The molecule has 0 saturated heterocycles. The van der Waals surface area contributed by atoms with Gasteiger partial charge in [0.1, 0.15) is 0 Å². The van der Waals surface area contributed by atoms with Crippen molar-refractivity contribution in [3.63, 3.8) is 0 Å². The van der Waals surface area contributed by atoms with Crippen molar-refractivity contribution in [1.29, 1.82) is 0 Å². The fourth-order valence-electron chi connectivity index (χ4n) is 3.42. The summed E-state index contributed by atoms with van der Waals surface area (Å²) in [6, 6.07) is 13.7. The van der Waals surface area contributed by atoms with E-state index in [0.717, 1.165) is 36.0 Å². The molecule has 4 atom stereocenters. The number of aliphatic hydroxyl groups excluding tert-OH is 1.